The highest BCUT2D eigenvalue weighted by Gasteiger charge is 2.19. The lowest BCUT2D eigenvalue weighted by atomic mass is 9.98. The lowest BCUT2D eigenvalue weighted by Crippen LogP contribution is -2.38. The average Bonchev–Trinajstić information content (AvgIpc) is 2.77. The molecule has 3 rings (SSSR count). The number of rotatable bonds is 8. The second-order valence-electron chi connectivity index (χ2n) is 7.09. The molecule has 1 aliphatic heterocycles. The molecule has 0 unspecified atom stereocenters. The third-order valence-electron chi connectivity index (χ3n) is 4.90. The first kappa shape index (κ1) is 21.5. The maximum Gasteiger partial charge on any atom is 0.344 e. The van der Waals surface area contributed by atoms with Crippen LogP contribution in [0.1, 0.15) is 45.7 Å². The highest BCUT2D eigenvalue weighted by atomic mass is 16.6. The number of ether oxygens (including phenoxy) is 2. The van der Waals surface area contributed by atoms with E-state index in [-0.39, 0.29) is 18.3 Å². The molecule has 30 heavy (non-hydrogen) atoms. The quantitative estimate of drug-likeness (QED) is 0.512. The monoisotopic (exact) mass is 410 g/mol. The first-order valence-electron chi connectivity index (χ1n) is 10.0. The van der Waals surface area contributed by atoms with E-state index < -0.39 is 12.0 Å². The Bertz CT molecular complexity index is 924. The number of benzene rings is 2. The molecule has 2 aromatic carbocycles. The zero-order valence-electron chi connectivity index (χ0n) is 17.2. The molecular formula is C23H26N2O5. The highest BCUT2D eigenvalue weighted by molar-refractivity contribution is 6.04. The van der Waals surface area contributed by atoms with E-state index in [1.807, 2.05) is 12.1 Å². The molecule has 0 aromatic heterocycles. The summed E-state index contributed by atoms with van der Waals surface area (Å²) >= 11 is 0. The fourth-order valence-corrected chi connectivity index (χ4v) is 3.27. The SMILES string of the molecule is CCOC(=O)COc1ccc(C(=O)[C@H](C)NC(=O)c2ccc3c(c2)CCNC3)cc1. The smallest absolute Gasteiger partial charge is 0.344 e. The van der Waals surface area contributed by atoms with Crippen LogP contribution in [0.2, 0.25) is 0 Å². The summed E-state index contributed by atoms with van der Waals surface area (Å²) in [7, 11) is 0. The number of hydrogen-bond acceptors (Lipinski definition) is 6. The van der Waals surface area contributed by atoms with Crippen molar-refractivity contribution < 1.29 is 23.9 Å². The molecule has 158 valence electrons. The van der Waals surface area contributed by atoms with Crippen molar-refractivity contribution in [1.82, 2.24) is 10.6 Å². The molecule has 1 amide bonds. The van der Waals surface area contributed by atoms with Gasteiger partial charge < -0.3 is 20.1 Å². The van der Waals surface area contributed by atoms with Gasteiger partial charge in [0.25, 0.3) is 5.91 Å². The maximum absolute atomic E-state index is 12.7. The summed E-state index contributed by atoms with van der Waals surface area (Å²) in [5.41, 5.74) is 3.37. The molecule has 2 aromatic rings. The highest BCUT2D eigenvalue weighted by Crippen LogP contribution is 2.17. The molecule has 7 nitrogen and oxygen atoms in total. The van der Waals surface area contributed by atoms with Gasteiger partial charge in [-0.3, -0.25) is 9.59 Å². The third-order valence-corrected chi connectivity index (χ3v) is 4.90. The summed E-state index contributed by atoms with van der Waals surface area (Å²) < 4.78 is 10.1. The van der Waals surface area contributed by atoms with E-state index in [0.29, 0.717) is 23.5 Å². The third kappa shape index (κ3) is 5.45. The van der Waals surface area contributed by atoms with Gasteiger partial charge in [0.2, 0.25) is 0 Å². The van der Waals surface area contributed by atoms with E-state index in [0.717, 1.165) is 19.5 Å². The number of esters is 1. The van der Waals surface area contributed by atoms with Gasteiger partial charge in [0, 0.05) is 17.7 Å². The molecule has 0 fully saturated rings. The lowest BCUT2D eigenvalue weighted by molar-refractivity contribution is -0.145. The van der Waals surface area contributed by atoms with Crippen LogP contribution in [0.25, 0.3) is 0 Å². The van der Waals surface area contributed by atoms with Gasteiger partial charge in [0.1, 0.15) is 5.75 Å². The average molecular weight is 410 g/mol. The van der Waals surface area contributed by atoms with Gasteiger partial charge in [0.15, 0.2) is 12.4 Å². The Labute approximate surface area is 175 Å². The molecule has 0 bridgehead atoms. The summed E-state index contributed by atoms with van der Waals surface area (Å²) in [5, 5.41) is 6.07. The van der Waals surface area contributed by atoms with E-state index in [1.165, 1.54) is 11.1 Å². The van der Waals surface area contributed by atoms with Crippen molar-refractivity contribution in [3.63, 3.8) is 0 Å². The number of amides is 1. The molecule has 0 saturated carbocycles. The van der Waals surface area contributed by atoms with Crippen molar-refractivity contribution in [3.8, 4) is 5.75 Å². The Balaban J connectivity index is 1.57. The molecule has 1 atom stereocenters. The van der Waals surface area contributed by atoms with Crippen molar-refractivity contribution in [2.45, 2.75) is 32.9 Å². The maximum atomic E-state index is 12.7. The number of carbonyl (C=O) groups is 3. The van der Waals surface area contributed by atoms with Gasteiger partial charge in [-0.15, -0.1) is 0 Å². The van der Waals surface area contributed by atoms with Gasteiger partial charge in [0.05, 0.1) is 12.6 Å². The van der Waals surface area contributed by atoms with Crippen LogP contribution in [0, 0.1) is 0 Å². The van der Waals surface area contributed by atoms with Gasteiger partial charge in [-0.1, -0.05) is 6.07 Å². The molecule has 0 radical (unpaired) electrons. The predicted octanol–water partition coefficient (Wildman–Crippen LogP) is 2.28. The Hall–Kier alpha value is -3.19. The molecule has 0 saturated heterocycles. The molecule has 2 N–H and O–H groups in total. The van der Waals surface area contributed by atoms with Crippen LogP contribution in [0.5, 0.6) is 5.75 Å². The number of ketones is 1. The number of carbonyl (C=O) groups excluding carboxylic acids is 3. The number of fused-ring (bicyclic) bond motifs is 1. The van der Waals surface area contributed by atoms with Crippen LogP contribution < -0.4 is 15.4 Å². The number of Topliss-reactive ketones (excluding diaryl/α,β-unsaturated/α-hetero) is 1. The molecule has 1 aliphatic rings. The van der Waals surface area contributed by atoms with Crippen LogP contribution >= 0.6 is 0 Å². The number of nitrogens with one attached hydrogen (secondary N) is 2. The van der Waals surface area contributed by atoms with Crippen molar-refractivity contribution in [3.05, 3.63) is 64.7 Å². The fraction of sp³-hybridized carbons (Fsp3) is 0.348. The first-order valence-corrected chi connectivity index (χ1v) is 10.0. The molecule has 1 heterocycles. The zero-order valence-corrected chi connectivity index (χ0v) is 17.2. The molecule has 0 aliphatic carbocycles. The second kappa shape index (κ2) is 10.0. The summed E-state index contributed by atoms with van der Waals surface area (Å²) in [6.07, 6.45) is 0.884. The van der Waals surface area contributed by atoms with Crippen molar-refractivity contribution >= 4 is 17.7 Å². The lowest BCUT2D eigenvalue weighted by Gasteiger charge is -2.18. The van der Waals surface area contributed by atoms with Crippen molar-refractivity contribution in [2.24, 2.45) is 0 Å². The van der Waals surface area contributed by atoms with E-state index in [9.17, 15) is 14.4 Å². The second-order valence-corrected chi connectivity index (χ2v) is 7.09. The zero-order chi connectivity index (χ0) is 21.5. The largest absolute Gasteiger partial charge is 0.482 e. The van der Waals surface area contributed by atoms with Gasteiger partial charge in [-0.05, 0) is 74.3 Å². The minimum absolute atomic E-state index is 0.190. The van der Waals surface area contributed by atoms with Gasteiger partial charge in [-0.25, -0.2) is 4.79 Å². The predicted molar refractivity (Wildman–Crippen MR) is 112 cm³/mol. The summed E-state index contributed by atoms with van der Waals surface area (Å²) in [6, 6.07) is 11.4. The Morgan fingerprint density at radius 2 is 1.80 bits per heavy atom. The summed E-state index contributed by atoms with van der Waals surface area (Å²) in [6.45, 7) is 5.19. The van der Waals surface area contributed by atoms with E-state index in [1.54, 1.807) is 44.2 Å². The van der Waals surface area contributed by atoms with E-state index in [2.05, 4.69) is 10.6 Å². The fourth-order valence-electron chi connectivity index (χ4n) is 3.27. The molecule has 0 spiro atoms. The molecular weight excluding hydrogens is 384 g/mol. The van der Waals surface area contributed by atoms with Crippen LogP contribution in [-0.2, 0) is 22.5 Å². The topological polar surface area (TPSA) is 93.7 Å². The Kier molecular flexibility index (Phi) is 7.19. The van der Waals surface area contributed by atoms with Gasteiger partial charge in [-0.2, -0.15) is 0 Å². The van der Waals surface area contributed by atoms with Crippen molar-refractivity contribution in [1.29, 1.82) is 0 Å². The Morgan fingerprint density at radius 1 is 1.07 bits per heavy atom. The van der Waals surface area contributed by atoms with Crippen LogP contribution in [-0.4, -0.2) is 43.5 Å². The van der Waals surface area contributed by atoms with Gasteiger partial charge >= 0.3 is 5.97 Å². The molecule has 7 heteroatoms. The summed E-state index contributed by atoms with van der Waals surface area (Å²) in [4.78, 5) is 36.6. The van der Waals surface area contributed by atoms with Crippen LogP contribution in [0.3, 0.4) is 0 Å². The number of hydrogen-bond donors (Lipinski definition) is 2. The van der Waals surface area contributed by atoms with Crippen LogP contribution in [0.15, 0.2) is 42.5 Å². The van der Waals surface area contributed by atoms with E-state index in [4.69, 9.17) is 9.47 Å². The normalized spacial score (nSPS) is 13.7. The Morgan fingerprint density at radius 3 is 2.53 bits per heavy atom. The van der Waals surface area contributed by atoms with E-state index >= 15 is 0 Å². The summed E-state index contributed by atoms with van der Waals surface area (Å²) in [5.74, 6) is -0.471. The first-order chi connectivity index (χ1) is 14.5. The van der Waals surface area contributed by atoms with Crippen LogP contribution in [0.4, 0.5) is 0 Å². The minimum Gasteiger partial charge on any atom is -0.482 e. The van der Waals surface area contributed by atoms with Crippen molar-refractivity contribution in [2.75, 3.05) is 19.8 Å². The standard InChI is InChI=1S/C23H26N2O5/c1-3-29-21(26)14-30-20-8-6-16(7-9-20)22(27)15(2)25-23(28)18-4-5-19-13-24-11-10-17(19)12-18/h4-9,12,15,24H,3,10-11,13-14H2,1-2H3,(H,25,28)/t15-/m0/s1. The minimum atomic E-state index is -0.679.